The molecule has 3 aromatic carbocycles. The Balaban J connectivity index is 1.81. The summed E-state index contributed by atoms with van der Waals surface area (Å²) in [6, 6.07) is 18.7. The van der Waals surface area contributed by atoms with Crippen LogP contribution < -0.4 is 14.8 Å². The zero-order chi connectivity index (χ0) is 25.2. The topological polar surface area (TPSA) is 67.9 Å². The number of fused-ring (bicyclic) bond motifs is 1. The molecule has 2 amide bonds. The Morgan fingerprint density at radius 3 is 2.60 bits per heavy atom. The number of benzene rings is 3. The Morgan fingerprint density at radius 1 is 1.06 bits per heavy atom. The fourth-order valence-corrected chi connectivity index (χ4v) is 4.55. The quantitative estimate of drug-likeness (QED) is 0.298. The van der Waals surface area contributed by atoms with E-state index in [0.717, 1.165) is 33.7 Å². The number of ether oxygens (including phenoxy) is 2. The second kappa shape index (κ2) is 13.1. The van der Waals surface area contributed by atoms with Crippen molar-refractivity contribution >= 4 is 38.5 Å². The molecule has 0 aromatic heterocycles. The molecule has 0 radical (unpaired) electrons. The van der Waals surface area contributed by atoms with Crippen molar-refractivity contribution in [2.45, 2.75) is 45.7 Å². The fourth-order valence-electron chi connectivity index (χ4n) is 3.94. The Hall–Kier alpha value is -3.06. The van der Waals surface area contributed by atoms with Gasteiger partial charge in [0.2, 0.25) is 5.91 Å². The highest BCUT2D eigenvalue weighted by molar-refractivity contribution is 9.10. The van der Waals surface area contributed by atoms with Crippen molar-refractivity contribution < 1.29 is 19.1 Å². The molecule has 0 unspecified atom stereocenters. The number of carbonyl (C=O) groups excluding carboxylic acids is 2. The van der Waals surface area contributed by atoms with Crippen LogP contribution in [0.15, 0.2) is 65.1 Å². The number of methoxy groups -OCH3 is 1. The van der Waals surface area contributed by atoms with Gasteiger partial charge >= 0.3 is 0 Å². The van der Waals surface area contributed by atoms with E-state index in [1.807, 2.05) is 67.6 Å². The zero-order valence-electron chi connectivity index (χ0n) is 20.6. The van der Waals surface area contributed by atoms with Gasteiger partial charge in [-0.3, -0.25) is 9.59 Å². The molecule has 6 nitrogen and oxygen atoms in total. The molecule has 0 aliphatic rings. The van der Waals surface area contributed by atoms with Crippen LogP contribution in [0.3, 0.4) is 0 Å². The number of amides is 2. The van der Waals surface area contributed by atoms with Gasteiger partial charge in [-0.05, 0) is 63.3 Å². The van der Waals surface area contributed by atoms with Crippen molar-refractivity contribution in [3.05, 3.63) is 70.7 Å². The normalized spacial score (nSPS) is 11.7. The van der Waals surface area contributed by atoms with Crippen molar-refractivity contribution in [3.8, 4) is 11.5 Å². The van der Waals surface area contributed by atoms with Crippen LogP contribution in [0.5, 0.6) is 11.5 Å². The molecule has 0 aliphatic heterocycles. The van der Waals surface area contributed by atoms with E-state index in [-0.39, 0.29) is 25.0 Å². The number of carbonyl (C=O) groups is 2. The predicted octanol–water partition coefficient (Wildman–Crippen LogP) is 5.71. The SMILES string of the molecule is CCCCNC(=O)[C@@H](CC)N(Cc1cccc(OC)c1)C(=O)COc1ccc2ccccc2c1Br. The molecule has 3 rings (SSSR count). The number of halogens is 1. The average Bonchev–Trinajstić information content (AvgIpc) is 2.88. The largest absolute Gasteiger partial charge is 0.497 e. The minimum Gasteiger partial charge on any atom is -0.497 e. The summed E-state index contributed by atoms with van der Waals surface area (Å²) < 4.78 is 12.1. The number of rotatable bonds is 12. The van der Waals surface area contributed by atoms with Crippen molar-refractivity contribution in [2.75, 3.05) is 20.3 Å². The predicted molar refractivity (Wildman–Crippen MR) is 143 cm³/mol. The third-order valence-corrected chi connectivity index (χ3v) is 6.70. The molecule has 1 N–H and O–H groups in total. The number of unbranched alkanes of at least 4 members (excludes halogenated alkanes) is 1. The molecule has 3 aromatic rings. The zero-order valence-corrected chi connectivity index (χ0v) is 22.1. The monoisotopic (exact) mass is 540 g/mol. The maximum Gasteiger partial charge on any atom is 0.261 e. The first-order chi connectivity index (χ1) is 17.0. The summed E-state index contributed by atoms with van der Waals surface area (Å²) in [4.78, 5) is 28.1. The van der Waals surface area contributed by atoms with Gasteiger partial charge < -0.3 is 19.7 Å². The molecule has 0 spiro atoms. The van der Waals surface area contributed by atoms with E-state index in [1.165, 1.54) is 0 Å². The molecule has 0 bridgehead atoms. The molecule has 1 atom stereocenters. The fraction of sp³-hybridized carbons (Fsp3) is 0.357. The van der Waals surface area contributed by atoms with Crippen LogP contribution in [0.25, 0.3) is 10.8 Å². The number of hydrogen-bond donors (Lipinski definition) is 1. The van der Waals surface area contributed by atoms with E-state index in [2.05, 4.69) is 28.2 Å². The lowest BCUT2D eigenvalue weighted by Crippen LogP contribution is -2.50. The minimum absolute atomic E-state index is 0.149. The van der Waals surface area contributed by atoms with E-state index < -0.39 is 6.04 Å². The van der Waals surface area contributed by atoms with Gasteiger partial charge in [-0.2, -0.15) is 0 Å². The molecular weight excluding hydrogens is 508 g/mol. The lowest BCUT2D eigenvalue weighted by Gasteiger charge is -2.30. The van der Waals surface area contributed by atoms with Crippen molar-refractivity contribution in [2.24, 2.45) is 0 Å². The maximum absolute atomic E-state index is 13.5. The van der Waals surface area contributed by atoms with Gasteiger partial charge in [-0.15, -0.1) is 0 Å². The lowest BCUT2D eigenvalue weighted by molar-refractivity contribution is -0.143. The first-order valence-electron chi connectivity index (χ1n) is 12.0. The highest BCUT2D eigenvalue weighted by Crippen LogP contribution is 2.33. The molecule has 0 aliphatic carbocycles. The summed E-state index contributed by atoms with van der Waals surface area (Å²) in [6.07, 6.45) is 2.37. The Bertz CT molecular complexity index is 1150. The van der Waals surface area contributed by atoms with Crippen molar-refractivity contribution in [1.29, 1.82) is 0 Å². The first kappa shape index (κ1) is 26.5. The summed E-state index contributed by atoms with van der Waals surface area (Å²) in [7, 11) is 1.60. The molecule has 0 saturated heterocycles. The molecule has 35 heavy (non-hydrogen) atoms. The molecule has 0 saturated carbocycles. The van der Waals surface area contributed by atoms with Crippen LogP contribution in [0.4, 0.5) is 0 Å². The highest BCUT2D eigenvalue weighted by Gasteiger charge is 2.29. The summed E-state index contributed by atoms with van der Waals surface area (Å²) in [6.45, 7) is 4.67. The second-order valence-corrected chi connectivity index (χ2v) is 9.12. The van der Waals surface area contributed by atoms with Crippen molar-refractivity contribution in [3.63, 3.8) is 0 Å². The van der Waals surface area contributed by atoms with Crippen LogP contribution in [0, 0.1) is 0 Å². The third kappa shape index (κ3) is 6.98. The summed E-state index contributed by atoms with van der Waals surface area (Å²) in [5.74, 6) is 0.875. The summed E-state index contributed by atoms with van der Waals surface area (Å²) in [5, 5.41) is 5.06. The minimum atomic E-state index is -0.603. The number of nitrogens with one attached hydrogen (secondary N) is 1. The maximum atomic E-state index is 13.5. The smallest absolute Gasteiger partial charge is 0.261 e. The van der Waals surface area contributed by atoms with Crippen LogP contribution in [0.2, 0.25) is 0 Å². The molecule has 7 heteroatoms. The van der Waals surface area contributed by atoms with Crippen LogP contribution in [0.1, 0.15) is 38.7 Å². The van der Waals surface area contributed by atoms with Gasteiger partial charge in [0, 0.05) is 13.1 Å². The van der Waals surface area contributed by atoms with Gasteiger partial charge in [-0.25, -0.2) is 0 Å². The highest BCUT2D eigenvalue weighted by atomic mass is 79.9. The van der Waals surface area contributed by atoms with Crippen molar-refractivity contribution in [1.82, 2.24) is 10.2 Å². The Morgan fingerprint density at radius 2 is 1.86 bits per heavy atom. The standard InChI is InChI=1S/C28H33BrN2O4/c1-4-6-16-30-28(33)24(5-2)31(18-20-10-9-12-22(17-20)34-3)26(32)19-35-25-15-14-21-11-7-8-13-23(21)27(25)29/h7-15,17,24H,4-6,16,18-19H2,1-3H3,(H,30,33)/t24-/m1/s1. The summed E-state index contributed by atoms with van der Waals surface area (Å²) >= 11 is 3.61. The lowest BCUT2D eigenvalue weighted by atomic mass is 10.1. The van der Waals surface area contributed by atoms with Crippen LogP contribution in [-0.4, -0.2) is 43.0 Å². The molecule has 186 valence electrons. The molecule has 0 fully saturated rings. The third-order valence-electron chi connectivity index (χ3n) is 5.88. The summed E-state index contributed by atoms with van der Waals surface area (Å²) in [5.41, 5.74) is 0.879. The number of hydrogen-bond acceptors (Lipinski definition) is 4. The molecule has 0 heterocycles. The molecular formula is C28H33BrN2O4. The van der Waals surface area contributed by atoms with Crippen LogP contribution >= 0.6 is 15.9 Å². The van der Waals surface area contributed by atoms with E-state index in [9.17, 15) is 9.59 Å². The van der Waals surface area contributed by atoms with Gasteiger partial charge in [0.1, 0.15) is 17.5 Å². The Labute approximate surface area is 215 Å². The van der Waals surface area contributed by atoms with Gasteiger partial charge in [0.25, 0.3) is 5.91 Å². The second-order valence-electron chi connectivity index (χ2n) is 8.33. The van der Waals surface area contributed by atoms with E-state index in [4.69, 9.17) is 9.47 Å². The van der Waals surface area contributed by atoms with E-state index >= 15 is 0 Å². The van der Waals surface area contributed by atoms with Crippen LogP contribution in [-0.2, 0) is 16.1 Å². The van der Waals surface area contributed by atoms with Gasteiger partial charge in [-0.1, -0.05) is 62.7 Å². The number of nitrogens with zero attached hydrogens (tertiary/aromatic N) is 1. The van der Waals surface area contributed by atoms with Gasteiger partial charge in [0.15, 0.2) is 6.61 Å². The van der Waals surface area contributed by atoms with E-state index in [1.54, 1.807) is 12.0 Å². The first-order valence-corrected chi connectivity index (χ1v) is 12.8. The Kier molecular flexibility index (Phi) is 9.97. The van der Waals surface area contributed by atoms with E-state index in [0.29, 0.717) is 24.5 Å². The van der Waals surface area contributed by atoms with Gasteiger partial charge in [0.05, 0.1) is 11.6 Å². The average molecular weight is 541 g/mol.